The average molecular weight is 242 g/mol. The molecule has 0 aromatic rings. The number of esters is 2. The van der Waals surface area contributed by atoms with Crippen LogP contribution in [0.2, 0.25) is 0 Å². The lowest BCUT2D eigenvalue weighted by molar-refractivity contribution is -0.150. The van der Waals surface area contributed by atoms with Gasteiger partial charge in [-0.2, -0.15) is 0 Å². The first-order chi connectivity index (χ1) is 7.91. The summed E-state index contributed by atoms with van der Waals surface area (Å²) in [6.07, 6.45) is 0.815. The Hall–Kier alpha value is -1.32. The van der Waals surface area contributed by atoms with E-state index >= 15 is 0 Å². The van der Waals surface area contributed by atoms with E-state index in [1.165, 1.54) is 0 Å². The van der Waals surface area contributed by atoms with Crippen LogP contribution in [0.4, 0.5) is 0 Å². The summed E-state index contributed by atoms with van der Waals surface area (Å²) in [5.41, 5.74) is 0.967. The molecule has 0 aliphatic heterocycles. The molecule has 0 N–H and O–H groups in total. The highest BCUT2D eigenvalue weighted by Gasteiger charge is 2.09. The lowest BCUT2D eigenvalue weighted by Crippen LogP contribution is -2.13. The zero-order valence-electron chi connectivity index (χ0n) is 11.0. The Morgan fingerprint density at radius 3 is 2.06 bits per heavy atom. The van der Waals surface area contributed by atoms with Crippen LogP contribution >= 0.6 is 0 Å². The van der Waals surface area contributed by atoms with Crippen LogP contribution in [0.5, 0.6) is 0 Å². The van der Waals surface area contributed by atoms with Crippen LogP contribution in [-0.2, 0) is 19.1 Å². The molecule has 0 bridgehead atoms. The van der Waals surface area contributed by atoms with Crippen molar-refractivity contribution in [2.45, 2.75) is 40.0 Å². The summed E-state index contributed by atoms with van der Waals surface area (Å²) in [6.45, 7) is 10.2. The molecule has 0 fully saturated rings. The molecule has 17 heavy (non-hydrogen) atoms. The molecule has 0 saturated carbocycles. The van der Waals surface area contributed by atoms with Gasteiger partial charge in [0.15, 0.2) is 0 Å². The predicted octanol–water partition coefficient (Wildman–Crippen LogP) is 2.48. The molecule has 0 saturated heterocycles. The molecule has 0 aliphatic carbocycles. The Balaban J connectivity index is 3.55. The molecular weight excluding hydrogens is 220 g/mol. The van der Waals surface area contributed by atoms with E-state index in [2.05, 4.69) is 6.58 Å². The van der Waals surface area contributed by atoms with Gasteiger partial charge >= 0.3 is 11.9 Å². The molecule has 0 radical (unpaired) electrons. The van der Waals surface area contributed by atoms with Gasteiger partial charge in [0.2, 0.25) is 0 Å². The highest BCUT2D eigenvalue weighted by atomic mass is 16.5. The van der Waals surface area contributed by atoms with E-state index in [-0.39, 0.29) is 24.8 Å². The Morgan fingerprint density at radius 2 is 1.59 bits per heavy atom. The van der Waals surface area contributed by atoms with E-state index < -0.39 is 0 Å². The third-order valence-electron chi connectivity index (χ3n) is 1.90. The van der Waals surface area contributed by atoms with Gasteiger partial charge in [0, 0.05) is 6.42 Å². The molecule has 0 atom stereocenters. The fourth-order valence-corrected chi connectivity index (χ4v) is 0.947. The van der Waals surface area contributed by atoms with E-state index in [9.17, 15) is 9.59 Å². The van der Waals surface area contributed by atoms with Gasteiger partial charge in [-0.15, -0.1) is 6.58 Å². The quantitative estimate of drug-likeness (QED) is 0.484. The van der Waals surface area contributed by atoms with Gasteiger partial charge in [-0.3, -0.25) is 9.59 Å². The summed E-state index contributed by atoms with van der Waals surface area (Å²) in [4.78, 5) is 22.4. The first-order valence-corrected chi connectivity index (χ1v) is 5.87. The van der Waals surface area contributed by atoms with Crippen molar-refractivity contribution < 1.29 is 19.1 Å². The maximum atomic E-state index is 11.2. The topological polar surface area (TPSA) is 52.6 Å². The largest absolute Gasteiger partial charge is 0.465 e. The number of carbonyl (C=O) groups excluding carboxylic acids is 2. The molecule has 0 heterocycles. The predicted molar refractivity (Wildman–Crippen MR) is 65.4 cm³/mol. The van der Waals surface area contributed by atoms with Crippen LogP contribution < -0.4 is 0 Å². The van der Waals surface area contributed by atoms with E-state index in [1.807, 2.05) is 20.8 Å². The molecule has 0 aromatic carbocycles. The SMILES string of the molecule is C=C(C)CCOC(=O)CCC(=O)OCC(C)C. The van der Waals surface area contributed by atoms with Crippen LogP contribution in [0.3, 0.4) is 0 Å². The van der Waals surface area contributed by atoms with Gasteiger partial charge in [0.1, 0.15) is 0 Å². The van der Waals surface area contributed by atoms with E-state index in [0.717, 1.165) is 5.57 Å². The minimum absolute atomic E-state index is 0.0765. The molecule has 0 rings (SSSR count). The van der Waals surface area contributed by atoms with Crippen molar-refractivity contribution in [3.63, 3.8) is 0 Å². The summed E-state index contributed by atoms with van der Waals surface area (Å²) in [5, 5.41) is 0. The fraction of sp³-hybridized carbons (Fsp3) is 0.692. The second kappa shape index (κ2) is 8.79. The number of ether oxygens (including phenoxy) is 2. The van der Waals surface area contributed by atoms with Crippen LogP contribution in [0.1, 0.15) is 40.0 Å². The van der Waals surface area contributed by atoms with Crippen molar-refractivity contribution in [2.75, 3.05) is 13.2 Å². The maximum Gasteiger partial charge on any atom is 0.306 e. The molecule has 4 nitrogen and oxygen atoms in total. The monoisotopic (exact) mass is 242 g/mol. The maximum absolute atomic E-state index is 11.2. The zero-order valence-corrected chi connectivity index (χ0v) is 11.0. The van der Waals surface area contributed by atoms with E-state index in [0.29, 0.717) is 25.6 Å². The van der Waals surface area contributed by atoms with Gasteiger partial charge in [0.05, 0.1) is 26.1 Å². The molecular formula is C13H22O4. The van der Waals surface area contributed by atoms with Crippen LogP contribution in [0, 0.1) is 5.92 Å². The Kier molecular flexibility index (Phi) is 8.11. The highest BCUT2D eigenvalue weighted by Crippen LogP contribution is 2.01. The standard InChI is InChI=1S/C13H22O4/c1-10(2)7-8-16-12(14)5-6-13(15)17-9-11(3)4/h11H,1,5-9H2,2-4H3. The minimum Gasteiger partial charge on any atom is -0.465 e. The van der Waals surface area contributed by atoms with Crippen molar-refractivity contribution >= 4 is 11.9 Å². The lowest BCUT2D eigenvalue weighted by Gasteiger charge is -2.07. The molecule has 0 unspecified atom stereocenters. The van der Waals surface area contributed by atoms with Gasteiger partial charge < -0.3 is 9.47 Å². The summed E-state index contributed by atoms with van der Waals surface area (Å²) in [7, 11) is 0. The van der Waals surface area contributed by atoms with Gasteiger partial charge in [-0.05, 0) is 12.8 Å². The zero-order chi connectivity index (χ0) is 13.3. The molecule has 98 valence electrons. The summed E-state index contributed by atoms with van der Waals surface area (Å²) < 4.78 is 9.86. The molecule has 4 heteroatoms. The van der Waals surface area contributed by atoms with Crippen molar-refractivity contribution in [3.05, 3.63) is 12.2 Å². The van der Waals surface area contributed by atoms with Crippen molar-refractivity contribution in [1.82, 2.24) is 0 Å². The van der Waals surface area contributed by atoms with Gasteiger partial charge in [-0.25, -0.2) is 0 Å². The fourth-order valence-electron chi connectivity index (χ4n) is 0.947. The van der Waals surface area contributed by atoms with E-state index in [1.54, 1.807) is 0 Å². The summed E-state index contributed by atoms with van der Waals surface area (Å²) >= 11 is 0. The summed E-state index contributed by atoms with van der Waals surface area (Å²) in [6, 6.07) is 0. The highest BCUT2D eigenvalue weighted by molar-refractivity contribution is 5.77. The smallest absolute Gasteiger partial charge is 0.306 e. The molecule has 0 aliphatic rings. The van der Waals surface area contributed by atoms with Crippen molar-refractivity contribution in [3.8, 4) is 0 Å². The first-order valence-electron chi connectivity index (χ1n) is 5.87. The first kappa shape index (κ1) is 15.7. The van der Waals surface area contributed by atoms with Crippen molar-refractivity contribution in [2.24, 2.45) is 5.92 Å². The third kappa shape index (κ3) is 11.0. The molecule has 0 amide bonds. The van der Waals surface area contributed by atoms with Crippen LogP contribution in [0.25, 0.3) is 0 Å². The number of hydrogen-bond donors (Lipinski definition) is 0. The Morgan fingerprint density at radius 1 is 1.06 bits per heavy atom. The Bertz CT molecular complexity index is 269. The Labute approximate surface area is 103 Å². The summed E-state index contributed by atoms with van der Waals surface area (Å²) in [5.74, 6) is -0.412. The van der Waals surface area contributed by atoms with Crippen LogP contribution in [-0.4, -0.2) is 25.2 Å². The second-order valence-corrected chi connectivity index (χ2v) is 4.50. The lowest BCUT2D eigenvalue weighted by atomic mass is 10.2. The average Bonchev–Trinajstić information content (AvgIpc) is 2.23. The second-order valence-electron chi connectivity index (χ2n) is 4.50. The van der Waals surface area contributed by atoms with Crippen molar-refractivity contribution in [1.29, 1.82) is 0 Å². The normalized spacial score (nSPS) is 10.1. The van der Waals surface area contributed by atoms with E-state index in [4.69, 9.17) is 9.47 Å². The molecule has 0 aromatic heterocycles. The number of carbonyl (C=O) groups is 2. The third-order valence-corrected chi connectivity index (χ3v) is 1.90. The number of rotatable bonds is 8. The minimum atomic E-state index is -0.368. The van der Waals surface area contributed by atoms with Gasteiger partial charge in [0.25, 0.3) is 0 Å². The van der Waals surface area contributed by atoms with Gasteiger partial charge in [-0.1, -0.05) is 19.4 Å². The number of hydrogen-bond acceptors (Lipinski definition) is 4. The van der Waals surface area contributed by atoms with Crippen LogP contribution in [0.15, 0.2) is 12.2 Å². The molecule has 0 spiro atoms.